The Labute approximate surface area is 185 Å². The summed E-state index contributed by atoms with van der Waals surface area (Å²) < 4.78 is 51.2. The molecule has 1 aliphatic rings. The third-order valence-electron chi connectivity index (χ3n) is 5.32. The van der Waals surface area contributed by atoms with Crippen LogP contribution in [0.25, 0.3) is 11.1 Å². The summed E-state index contributed by atoms with van der Waals surface area (Å²) in [5.41, 5.74) is 11.1. The SMILES string of the molecule is NC[C@@]1(c2ccccc2)Cc2c(ccc(Cl)c2-c2c(C(N)=O)cnc(OC(F)F)c2F)O1. The lowest BCUT2D eigenvalue weighted by molar-refractivity contribution is -0.0552. The molecule has 0 bridgehead atoms. The van der Waals surface area contributed by atoms with Crippen LogP contribution in [0.2, 0.25) is 5.02 Å². The molecular formula is C22H17ClF3N3O3. The molecule has 4 N–H and O–H groups in total. The Morgan fingerprint density at radius 1 is 1.22 bits per heavy atom. The van der Waals surface area contributed by atoms with Gasteiger partial charge in [0.2, 0.25) is 0 Å². The van der Waals surface area contributed by atoms with Crippen LogP contribution < -0.4 is 20.9 Å². The number of benzene rings is 2. The van der Waals surface area contributed by atoms with Crippen LogP contribution in [-0.2, 0) is 12.0 Å². The second-order valence-corrected chi connectivity index (χ2v) is 7.56. The maximum Gasteiger partial charge on any atom is 0.388 e. The van der Waals surface area contributed by atoms with Gasteiger partial charge in [0.15, 0.2) is 11.4 Å². The van der Waals surface area contributed by atoms with Crippen molar-refractivity contribution in [2.45, 2.75) is 18.6 Å². The molecule has 10 heteroatoms. The van der Waals surface area contributed by atoms with Crippen molar-refractivity contribution in [3.8, 4) is 22.8 Å². The average Bonchev–Trinajstić information content (AvgIpc) is 3.16. The number of aromatic nitrogens is 1. The van der Waals surface area contributed by atoms with Gasteiger partial charge in [-0.05, 0) is 17.7 Å². The van der Waals surface area contributed by atoms with Crippen molar-refractivity contribution >= 4 is 17.5 Å². The smallest absolute Gasteiger partial charge is 0.388 e. The van der Waals surface area contributed by atoms with E-state index in [1.807, 2.05) is 30.3 Å². The molecule has 0 saturated carbocycles. The Hall–Kier alpha value is -3.30. The first-order valence-electron chi connectivity index (χ1n) is 9.47. The zero-order valence-corrected chi connectivity index (χ0v) is 17.2. The van der Waals surface area contributed by atoms with E-state index >= 15 is 4.39 Å². The zero-order chi connectivity index (χ0) is 23.0. The van der Waals surface area contributed by atoms with Crippen molar-refractivity contribution < 1.29 is 27.4 Å². The monoisotopic (exact) mass is 463 g/mol. The third kappa shape index (κ3) is 3.63. The van der Waals surface area contributed by atoms with E-state index in [9.17, 15) is 13.6 Å². The molecule has 2 aromatic carbocycles. The predicted molar refractivity (Wildman–Crippen MR) is 111 cm³/mol. The fourth-order valence-electron chi connectivity index (χ4n) is 3.88. The quantitative estimate of drug-likeness (QED) is 0.575. The van der Waals surface area contributed by atoms with Crippen LogP contribution in [0.5, 0.6) is 11.6 Å². The molecule has 1 amide bonds. The Bertz CT molecular complexity index is 1190. The lowest BCUT2D eigenvalue weighted by Crippen LogP contribution is -2.39. The summed E-state index contributed by atoms with van der Waals surface area (Å²) in [4.78, 5) is 15.5. The van der Waals surface area contributed by atoms with E-state index in [0.717, 1.165) is 11.8 Å². The summed E-state index contributed by atoms with van der Waals surface area (Å²) in [6.07, 6.45) is 1.06. The van der Waals surface area contributed by atoms with E-state index in [1.165, 1.54) is 6.07 Å². The molecule has 4 rings (SSSR count). The minimum Gasteiger partial charge on any atom is -0.481 e. The molecule has 0 unspecified atom stereocenters. The molecule has 3 aromatic rings. The highest BCUT2D eigenvalue weighted by atomic mass is 35.5. The normalized spacial score (nSPS) is 17.2. The minimum absolute atomic E-state index is 0.0591. The topological polar surface area (TPSA) is 100 Å². The molecule has 166 valence electrons. The number of fused-ring (bicyclic) bond motifs is 1. The Morgan fingerprint density at radius 2 is 1.94 bits per heavy atom. The number of nitrogens with zero attached hydrogens (tertiary/aromatic N) is 1. The van der Waals surface area contributed by atoms with Gasteiger partial charge in [-0.25, -0.2) is 9.37 Å². The van der Waals surface area contributed by atoms with E-state index in [4.69, 9.17) is 27.8 Å². The van der Waals surface area contributed by atoms with Gasteiger partial charge in [-0.3, -0.25) is 4.79 Å². The second-order valence-electron chi connectivity index (χ2n) is 7.15. The van der Waals surface area contributed by atoms with E-state index in [2.05, 4.69) is 9.72 Å². The highest BCUT2D eigenvalue weighted by Gasteiger charge is 2.42. The van der Waals surface area contributed by atoms with Gasteiger partial charge in [0.05, 0.1) is 5.56 Å². The predicted octanol–water partition coefficient (Wildman–Crippen LogP) is 4.03. The maximum atomic E-state index is 15.3. The van der Waals surface area contributed by atoms with Crippen molar-refractivity contribution in [2.24, 2.45) is 11.5 Å². The fourth-order valence-corrected chi connectivity index (χ4v) is 4.15. The third-order valence-corrected chi connectivity index (χ3v) is 5.63. The molecule has 6 nitrogen and oxygen atoms in total. The van der Waals surface area contributed by atoms with Crippen molar-refractivity contribution in [3.05, 3.63) is 76.2 Å². The summed E-state index contributed by atoms with van der Waals surface area (Å²) in [5, 5.41) is 0.0591. The van der Waals surface area contributed by atoms with E-state index in [-0.39, 0.29) is 29.1 Å². The van der Waals surface area contributed by atoms with E-state index < -0.39 is 35.4 Å². The molecule has 1 aliphatic heterocycles. The van der Waals surface area contributed by atoms with Crippen LogP contribution in [0.3, 0.4) is 0 Å². The van der Waals surface area contributed by atoms with Gasteiger partial charge in [-0.1, -0.05) is 41.9 Å². The van der Waals surface area contributed by atoms with Crippen LogP contribution in [0.1, 0.15) is 21.5 Å². The molecule has 0 spiro atoms. The minimum atomic E-state index is -3.33. The first-order valence-corrected chi connectivity index (χ1v) is 9.84. The number of hydrogen-bond donors (Lipinski definition) is 2. The summed E-state index contributed by atoms with van der Waals surface area (Å²) in [6, 6.07) is 12.2. The average molecular weight is 464 g/mol. The first-order chi connectivity index (χ1) is 15.3. The number of hydrogen-bond acceptors (Lipinski definition) is 5. The number of carbonyl (C=O) groups is 1. The second kappa shape index (κ2) is 8.33. The van der Waals surface area contributed by atoms with Crippen LogP contribution >= 0.6 is 11.6 Å². The highest BCUT2D eigenvalue weighted by molar-refractivity contribution is 6.34. The molecule has 0 radical (unpaired) electrons. The van der Waals surface area contributed by atoms with Crippen LogP contribution in [0, 0.1) is 5.82 Å². The number of carbonyl (C=O) groups excluding carboxylic acids is 1. The summed E-state index contributed by atoms with van der Waals surface area (Å²) >= 11 is 6.42. The lowest BCUT2D eigenvalue weighted by atomic mass is 9.86. The first kappa shape index (κ1) is 21.9. The molecule has 2 heterocycles. The number of amides is 1. The molecular weight excluding hydrogens is 447 g/mol. The van der Waals surface area contributed by atoms with E-state index in [0.29, 0.717) is 11.3 Å². The summed E-state index contributed by atoms with van der Waals surface area (Å²) in [6.45, 7) is -3.24. The van der Waals surface area contributed by atoms with Gasteiger partial charge < -0.3 is 20.9 Å². The van der Waals surface area contributed by atoms with Crippen LogP contribution in [-0.4, -0.2) is 24.0 Å². The number of ether oxygens (including phenoxy) is 2. The van der Waals surface area contributed by atoms with Crippen molar-refractivity contribution in [1.29, 1.82) is 0 Å². The number of primary amides is 1. The summed E-state index contributed by atoms with van der Waals surface area (Å²) in [7, 11) is 0. The van der Waals surface area contributed by atoms with Gasteiger partial charge >= 0.3 is 6.61 Å². The van der Waals surface area contributed by atoms with Gasteiger partial charge in [0.1, 0.15) is 5.75 Å². The number of alkyl halides is 2. The largest absolute Gasteiger partial charge is 0.481 e. The van der Waals surface area contributed by atoms with Crippen molar-refractivity contribution in [2.75, 3.05) is 6.54 Å². The number of rotatable bonds is 6. The number of nitrogens with two attached hydrogens (primary N) is 2. The Balaban J connectivity index is 1.94. The summed E-state index contributed by atoms with van der Waals surface area (Å²) in [5.74, 6) is -2.93. The number of halogens is 4. The lowest BCUT2D eigenvalue weighted by Gasteiger charge is -2.27. The van der Waals surface area contributed by atoms with Crippen molar-refractivity contribution in [1.82, 2.24) is 4.98 Å². The van der Waals surface area contributed by atoms with Crippen LogP contribution in [0.15, 0.2) is 48.7 Å². The Morgan fingerprint density at radius 3 is 2.56 bits per heavy atom. The molecule has 32 heavy (non-hydrogen) atoms. The van der Waals surface area contributed by atoms with Crippen LogP contribution in [0.4, 0.5) is 13.2 Å². The standard InChI is InChI=1S/C22H17ClF3N3O3/c23-14-6-7-15-12(8-22(10-27,32-15)11-4-2-1-3-5-11)16(14)17-13(19(28)30)9-29-20(18(17)24)31-21(25)26/h1-7,9,21H,8,10,27H2,(H2,28,30)/t22-/m1/s1. The molecule has 0 fully saturated rings. The highest BCUT2D eigenvalue weighted by Crippen LogP contribution is 2.49. The molecule has 1 aromatic heterocycles. The van der Waals surface area contributed by atoms with Gasteiger partial charge in [0.25, 0.3) is 11.8 Å². The van der Waals surface area contributed by atoms with E-state index in [1.54, 1.807) is 6.07 Å². The van der Waals surface area contributed by atoms with Gasteiger partial charge in [-0.2, -0.15) is 8.78 Å². The molecule has 1 atom stereocenters. The van der Waals surface area contributed by atoms with Gasteiger partial charge in [-0.15, -0.1) is 0 Å². The van der Waals surface area contributed by atoms with Crippen molar-refractivity contribution in [3.63, 3.8) is 0 Å². The molecule has 0 saturated heterocycles. The zero-order valence-electron chi connectivity index (χ0n) is 16.4. The molecule has 0 aliphatic carbocycles. The van der Waals surface area contributed by atoms with Gasteiger partial charge in [0, 0.05) is 40.9 Å². The fraction of sp³-hybridized carbons (Fsp3) is 0.182. The Kier molecular flexibility index (Phi) is 5.70. The number of pyridine rings is 1. The maximum absolute atomic E-state index is 15.3.